The Bertz CT molecular complexity index is 470. The Kier molecular flexibility index (Phi) is 3.70. The van der Waals surface area contributed by atoms with Gasteiger partial charge in [0.2, 0.25) is 9.05 Å². The number of rotatable bonds is 3. The van der Waals surface area contributed by atoms with Crippen LogP contribution in [0.1, 0.15) is 5.56 Å². The van der Waals surface area contributed by atoms with Crippen molar-refractivity contribution in [2.45, 2.75) is 5.75 Å². The Morgan fingerprint density at radius 2 is 2.07 bits per heavy atom. The van der Waals surface area contributed by atoms with E-state index in [-0.39, 0.29) is 22.1 Å². The topological polar surface area (TPSA) is 63.6 Å². The number of benzene rings is 1. The molecule has 1 aromatic carbocycles. The van der Waals surface area contributed by atoms with Crippen LogP contribution in [0.4, 0.5) is 0 Å². The molecule has 1 aromatic rings. The minimum atomic E-state index is -3.72. The molecule has 0 radical (unpaired) electrons. The molecule has 0 aliphatic carbocycles. The summed E-state index contributed by atoms with van der Waals surface area (Å²) in [5.74, 6) is -0.428. The van der Waals surface area contributed by atoms with Crippen LogP contribution >= 0.6 is 22.3 Å². The van der Waals surface area contributed by atoms with E-state index < -0.39 is 14.8 Å². The Morgan fingerprint density at radius 1 is 1.47 bits per heavy atom. The number of hydrogen-bond acceptors (Lipinski definition) is 4. The maximum Gasteiger partial charge on any atom is 0.236 e. The van der Waals surface area contributed by atoms with E-state index in [0.717, 1.165) is 0 Å². The molecule has 0 atom stereocenters. The van der Waals surface area contributed by atoms with Gasteiger partial charge in [-0.25, -0.2) is 8.42 Å². The smallest absolute Gasteiger partial charge is 0.236 e. The minimum Gasteiger partial charge on any atom is -0.508 e. The summed E-state index contributed by atoms with van der Waals surface area (Å²) in [5, 5.41) is 9.61. The molecule has 0 aromatic heterocycles. The summed E-state index contributed by atoms with van der Waals surface area (Å²) in [7, 11) is 2.72. The Balaban J connectivity index is 3.19. The van der Waals surface area contributed by atoms with Gasteiger partial charge in [0.05, 0.1) is 17.9 Å². The highest BCUT2D eigenvalue weighted by Crippen LogP contribution is 2.32. The minimum absolute atomic E-state index is 0.145. The molecule has 1 N–H and O–H groups in total. The van der Waals surface area contributed by atoms with Gasteiger partial charge in [-0.3, -0.25) is 0 Å². The van der Waals surface area contributed by atoms with E-state index in [2.05, 4.69) is 0 Å². The van der Waals surface area contributed by atoms with Gasteiger partial charge >= 0.3 is 0 Å². The molecule has 0 aliphatic heterocycles. The van der Waals surface area contributed by atoms with Gasteiger partial charge in [0, 0.05) is 22.3 Å². The van der Waals surface area contributed by atoms with Gasteiger partial charge in [-0.2, -0.15) is 0 Å². The van der Waals surface area contributed by atoms with E-state index >= 15 is 0 Å². The zero-order valence-electron chi connectivity index (χ0n) is 7.70. The van der Waals surface area contributed by atoms with Gasteiger partial charge < -0.3 is 9.84 Å². The first-order valence-corrected chi connectivity index (χ1v) is 6.67. The molecule has 0 unspecified atom stereocenters. The van der Waals surface area contributed by atoms with Crippen LogP contribution in [-0.2, 0) is 14.8 Å². The van der Waals surface area contributed by atoms with E-state index in [1.165, 1.54) is 19.2 Å². The van der Waals surface area contributed by atoms with Crippen molar-refractivity contribution >= 4 is 31.3 Å². The molecule has 0 saturated carbocycles. The zero-order valence-corrected chi connectivity index (χ0v) is 10.0. The molecular formula is C8H8Cl2O4S. The molecule has 0 fully saturated rings. The molecule has 0 aliphatic rings. The van der Waals surface area contributed by atoms with Crippen LogP contribution in [0.25, 0.3) is 0 Å². The fourth-order valence-corrected chi connectivity index (χ4v) is 2.23. The standard InChI is InChI=1S/C8H8Cl2O4S/c1-14-8-2-5(4-15(10,12)13)7(11)3-6(8)9/h2-3,11H,4H2,1H3. The van der Waals surface area contributed by atoms with Crippen molar-refractivity contribution in [3.63, 3.8) is 0 Å². The lowest BCUT2D eigenvalue weighted by Crippen LogP contribution is -1.96. The second-order valence-electron chi connectivity index (χ2n) is 2.80. The van der Waals surface area contributed by atoms with Crippen LogP contribution in [-0.4, -0.2) is 20.6 Å². The predicted octanol–water partition coefficient (Wildman–Crippen LogP) is 2.12. The van der Waals surface area contributed by atoms with Crippen molar-refractivity contribution in [2.24, 2.45) is 0 Å². The highest BCUT2D eigenvalue weighted by atomic mass is 35.7. The van der Waals surface area contributed by atoms with Crippen LogP contribution in [0, 0.1) is 0 Å². The second-order valence-corrected chi connectivity index (χ2v) is 5.98. The Labute approximate surface area is 96.8 Å². The Hall–Kier alpha value is -0.650. The third kappa shape index (κ3) is 3.44. The summed E-state index contributed by atoms with van der Waals surface area (Å²) >= 11 is 5.71. The lowest BCUT2D eigenvalue weighted by Gasteiger charge is -2.07. The summed E-state index contributed by atoms with van der Waals surface area (Å²) < 4.78 is 26.5. The summed E-state index contributed by atoms with van der Waals surface area (Å²) in [6.45, 7) is 0. The Morgan fingerprint density at radius 3 is 2.53 bits per heavy atom. The van der Waals surface area contributed by atoms with Gasteiger partial charge in [-0.1, -0.05) is 11.6 Å². The maximum absolute atomic E-state index is 10.8. The fourth-order valence-electron chi connectivity index (χ4n) is 1.04. The summed E-state index contributed by atoms with van der Waals surface area (Å²) in [4.78, 5) is 0. The molecule has 0 spiro atoms. The molecule has 0 amide bonds. The third-order valence-electron chi connectivity index (χ3n) is 1.68. The average Bonchev–Trinajstić information content (AvgIpc) is 2.07. The van der Waals surface area contributed by atoms with Crippen LogP contribution in [0.3, 0.4) is 0 Å². The molecule has 0 saturated heterocycles. The first-order valence-electron chi connectivity index (χ1n) is 3.81. The number of phenols is 1. The SMILES string of the molecule is COc1cc(CS(=O)(=O)Cl)c(O)cc1Cl. The molecule has 0 heterocycles. The number of aromatic hydroxyl groups is 1. The monoisotopic (exact) mass is 270 g/mol. The van der Waals surface area contributed by atoms with Crippen LogP contribution < -0.4 is 4.74 Å². The molecule has 1 rings (SSSR count). The highest BCUT2D eigenvalue weighted by molar-refractivity contribution is 8.13. The van der Waals surface area contributed by atoms with Gasteiger partial charge in [0.1, 0.15) is 11.5 Å². The quantitative estimate of drug-likeness (QED) is 0.855. The lowest BCUT2D eigenvalue weighted by molar-refractivity contribution is 0.411. The van der Waals surface area contributed by atoms with Gasteiger partial charge in [0.15, 0.2) is 0 Å². The largest absolute Gasteiger partial charge is 0.508 e. The van der Waals surface area contributed by atoms with Crippen molar-refractivity contribution in [2.75, 3.05) is 7.11 Å². The molecular weight excluding hydrogens is 263 g/mol. The van der Waals surface area contributed by atoms with E-state index in [9.17, 15) is 13.5 Å². The lowest BCUT2D eigenvalue weighted by atomic mass is 10.2. The molecule has 7 heteroatoms. The first-order chi connectivity index (χ1) is 6.83. The van der Waals surface area contributed by atoms with Crippen molar-refractivity contribution < 1.29 is 18.3 Å². The normalized spacial score (nSPS) is 11.4. The molecule has 0 bridgehead atoms. The van der Waals surface area contributed by atoms with E-state index in [1.54, 1.807) is 0 Å². The van der Waals surface area contributed by atoms with Crippen LogP contribution in [0.15, 0.2) is 12.1 Å². The van der Waals surface area contributed by atoms with Crippen molar-refractivity contribution in [1.29, 1.82) is 0 Å². The van der Waals surface area contributed by atoms with Crippen molar-refractivity contribution in [1.82, 2.24) is 0 Å². The van der Waals surface area contributed by atoms with Crippen LogP contribution in [0.2, 0.25) is 5.02 Å². The predicted molar refractivity (Wildman–Crippen MR) is 58.1 cm³/mol. The molecule has 4 nitrogen and oxygen atoms in total. The number of halogens is 2. The van der Waals surface area contributed by atoms with Crippen molar-refractivity contribution in [3.8, 4) is 11.5 Å². The summed E-state index contributed by atoms with van der Waals surface area (Å²) in [6.07, 6.45) is 0. The number of methoxy groups -OCH3 is 1. The van der Waals surface area contributed by atoms with Gasteiger partial charge in [-0.05, 0) is 6.07 Å². The van der Waals surface area contributed by atoms with Gasteiger partial charge in [-0.15, -0.1) is 0 Å². The summed E-state index contributed by atoms with van der Waals surface area (Å²) in [6, 6.07) is 2.54. The van der Waals surface area contributed by atoms with E-state index in [4.69, 9.17) is 27.0 Å². The average molecular weight is 271 g/mol. The van der Waals surface area contributed by atoms with Crippen LogP contribution in [0.5, 0.6) is 11.5 Å². The highest BCUT2D eigenvalue weighted by Gasteiger charge is 2.14. The molecule has 15 heavy (non-hydrogen) atoms. The number of hydrogen-bond donors (Lipinski definition) is 1. The number of ether oxygens (including phenoxy) is 1. The van der Waals surface area contributed by atoms with Crippen molar-refractivity contribution in [3.05, 3.63) is 22.7 Å². The van der Waals surface area contributed by atoms with Gasteiger partial charge in [0.25, 0.3) is 0 Å². The maximum atomic E-state index is 10.8. The second kappa shape index (κ2) is 4.47. The number of phenolic OH excluding ortho intramolecular Hbond substituents is 1. The van der Waals surface area contributed by atoms with E-state index in [0.29, 0.717) is 0 Å². The third-order valence-corrected chi connectivity index (χ3v) is 2.96. The zero-order chi connectivity index (χ0) is 11.6. The molecule has 84 valence electrons. The van der Waals surface area contributed by atoms with E-state index in [1.807, 2.05) is 0 Å². The first kappa shape index (κ1) is 12.4. The fraction of sp³-hybridized carbons (Fsp3) is 0.250. The summed E-state index contributed by atoms with van der Waals surface area (Å²) in [5.41, 5.74) is 0.145.